The van der Waals surface area contributed by atoms with Crippen molar-refractivity contribution in [2.45, 2.75) is 25.2 Å². The number of hydrogen-bond donors (Lipinski definition) is 1. The number of carbonyl (C=O) groups excluding carboxylic acids is 1. The second-order valence-electron chi connectivity index (χ2n) is 5.29. The highest BCUT2D eigenvalue weighted by atomic mass is 79.9. The molecule has 1 heterocycles. The number of halogens is 1. The number of amides is 1. The van der Waals surface area contributed by atoms with Gasteiger partial charge in [0.05, 0.1) is 24.9 Å². The fourth-order valence-electron chi connectivity index (χ4n) is 2.44. The van der Waals surface area contributed by atoms with Crippen LogP contribution in [0.15, 0.2) is 27.6 Å². The summed E-state index contributed by atoms with van der Waals surface area (Å²) in [5, 5.41) is 4.07. The van der Waals surface area contributed by atoms with E-state index in [1.54, 1.807) is 39.1 Å². The summed E-state index contributed by atoms with van der Waals surface area (Å²) in [4.78, 5) is 12.2. The third-order valence-electron chi connectivity index (χ3n) is 3.55. The van der Waals surface area contributed by atoms with Crippen LogP contribution in [0.5, 0.6) is 5.75 Å². The largest absolute Gasteiger partial charge is 0.496 e. The zero-order valence-electron chi connectivity index (χ0n) is 13.8. The van der Waals surface area contributed by atoms with Crippen molar-refractivity contribution in [1.82, 2.24) is 14.5 Å². The summed E-state index contributed by atoms with van der Waals surface area (Å²) in [6.45, 7) is 3.22. The first kappa shape index (κ1) is 18.5. The molecule has 0 fully saturated rings. The van der Waals surface area contributed by atoms with Crippen LogP contribution in [-0.2, 0) is 28.3 Å². The number of hydrogen-bond acceptors (Lipinski definition) is 5. The zero-order valence-corrected chi connectivity index (χ0v) is 16.2. The van der Waals surface area contributed by atoms with E-state index in [-0.39, 0.29) is 11.3 Å². The predicted octanol–water partition coefficient (Wildman–Crippen LogP) is 1.86. The SMILES string of the molecule is COc1ccc(Br)cc1CC(=O)NS(=O)(=O)c1c(C)nn(C)c1C. The minimum Gasteiger partial charge on any atom is -0.496 e. The zero-order chi connectivity index (χ0) is 18.1. The van der Waals surface area contributed by atoms with Crippen molar-refractivity contribution in [2.75, 3.05) is 7.11 Å². The molecule has 0 aliphatic heterocycles. The van der Waals surface area contributed by atoms with E-state index in [9.17, 15) is 13.2 Å². The Hall–Kier alpha value is -1.87. The first-order chi connectivity index (χ1) is 11.2. The van der Waals surface area contributed by atoms with Gasteiger partial charge >= 0.3 is 0 Å². The van der Waals surface area contributed by atoms with Gasteiger partial charge in [0, 0.05) is 17.1 Å². The minimum absolute atomic E-state index is 0.0274. The Morgan fingerprint density at radius 3 is 2.58 bits per heavy atom. The Kier molecular flexibility index (Phi) is 5.34. The lowest BCUT2D eigenvalue weighted by molar-refractivity contribution is -0.118. The standard InChI is InChI=1S/C15H18BrN3O4S/c1-9-15(10(2)19(3)17-9)24(21,22)18-14(20)8-11-7-12(16)5-6-13(11)23-4/h5-7H,8H2,1-4H3,(H,18,20). The Balaban J connectivity index is 2.25. The molecule has 1 aromatic carbocycles. The van der Waals surface area contributed by atoms with Gasteiger partial charge in [-0.25, -0.2) is 13.1 Å². The molecule has 1 N–H and O–H groups in total. The van der Waals surface area contributed by atoms with E-state index in [1.807, 2.05) is 0 Å². The Labute approximate surface area is 149 Å². The minimum atomic E-state index is -3.99. The van der Waals surface area contributed by atoms with Crippen molar-refractivity contribution in [2.24, 2.45) is 7.05 Å². The van der Waals surface area contributed by atoms with Crippen LogP contribution in [0.25, 0.3) is 0 Å². The number of sulfonamides is 1. The molecule has 0 spiro atoms. The molecule has 9 heteroatoms. The van der Waals surface area contributed by atoms with Crippen molar-refractivity contribution in [3.05, 3.63) is 39.6 Å². The average molecular weight is 416 g/mol. The number of carbonyl (C=O) groups is 1. The monoisotopic (exact) mass is 415 g/mol. The smallest absolute Gasteiger partial charge is 0.267 e. The summed E-state index contributed by atoms with van der Waals surface area (Å²) >= 11 is 3.32. The number of rotatable bonds is 5. The average Bonchev–Trinajstić information content (AvgIpc) is 2.72. The van der Waals surface area contributed by atoms with Gasteiger partial charge in [0.1, 0.15) is 10.6 Å². The van der Waals surface area contributed by atoms with Gasteiger partial charge in [-0.05, 0) is 32.0 Å². The van der Waals surface area contributed by atoms with Gasteiger partial charge in [-0.1, -0.05) is 15.9 Å². The van der Waals surface area contributed by atoms with Gasteiger partial charge in [0.15, 0.2) is 0 Å². The lowest BCUT2D eigenvalue weighted by atomic mass is 10.1. The van der Waals surface area contributed by atoms with Crippen molar-refractivity contribution in [3.63, 3.8) is 0 Å². The molecule has 2 aromatic rings. The predicted molar refractivity (Wildman–Crippen MR) is 92.4 cm³/mol. The molecule has 130 valence electrons. The van der Waals surface area contributed by atoms with Crippen molar-refractivity contribution < 1.29 is 17.9 Å². The van der Waals surface area contributed by atoms with E-state index >= 15 is 0 Å². The summed E-state index contributed by atoms with van der Waals surface area (Å²) in [5.74, 6) is -0.131. The Morgan fingerprint density at radius 1 is 1.38 bits per heavy atom. The van der Waals surface area contributed by atoms with E-state index < -0.39 is 15.9 Å². The van der Waals surface area contributed by atoms with E-state index in [1.165, 1.54) is 11.8 Å². The molecule has 0 aliphatic rings. The second-order valence-corrected chi connectivity index (χ2v) is 7.82. The number of benzene rings is 1. The lowest BCUT2D eigenvalue weighted by Gasteiger charge is -2.10. The number of ether oxygens (including phenoxy) is 1. The van der Waals surface area contributed by atoms with Crippen molar-refractivity contribution >= 4 is 31.9 Å². The van der Waals surface area contributed by atoms with Crippen molar-refractivity contribution in [3.8, 4) is 5.75 Å². The highest BCUT2D eigenvalue weighted by Gasteiger charge is 2.26. The van der Waals surface area contributed by atoms with Gasteiger partial charge in [-0.15, -0.1) is 0 Å². The fourth-order valence-corrected chi connectivity index (χ4v) is 4.27. The van der Waals surface area contributed by atoms with Crippen LogP contribution in [0.2, 0.25) is 0 Å². The van der Waals surface area contributed by atoms with Crippen molar-refractivity contribution in [1.29, 1.82) is 0 Å². The molecule has 24 heavy (non-hydrogen) atoms. The number of nitrogens with one attached hydrogen (secondary N) is 1. The van der Waals surface area contributed by atoms with Crippen LogP contribution in [0.4, 0.5) is 0 Å². The number of methoxy groups -OCH3 is 1. The molecular weight excluding hydrogens is 398 g/mol. The Morgan fingerprint density at radius 2 is 2.04 bits per heavy atom. The number of nitrogens with zero attached hydrogens (tertiary/aromatic N) is 2. The summed E-state index contributed by atoms with van der Waals surface area (Å²) in [5.41, 5.74) is 1.39. The molecule has 1 amide bonds. The van der Waals surface area contributed by atoms with Crippen LogP contribution < -0.4 is 9.46 Å². The normalized spacial score (nSPS) is 11.4. The lowest BCUT2D eigenvalue weighted by Crippen LogP contribution is -2.32. The molecule has 2 rings (SSSR count). The quantitative estimate of drug-likeness (QED) is 0.804. The molecule has 0 unspecified atom stereocenters. The van der Waals surface area contributed by atoms with Gasteiger partial charge in [0.25, 0.3) is 10.0 Å². The molecule has 0 radical (unpaired) electrons. The number of aromatic nitrogens is 2. The summed E-state index contributed by atoms with van der Waals surface area (Å²) in [6, 6.07) is 5.20. The van der Waals surface area contributed by atoms with E-state index in [4.69, 9.17) is 4.74 Å². The van der Waals surface area contributed by atoms with E-state index in [0.29, 0.717) is 22.7 Å². The van der Waals surface area contributed by atoms with Crippen LogP contribution in [0.1, 0.15) is 17.0 Å². The summed E-state index contributed by atoms with van der Waals surface area (Å²) < 4.78 is 34.5. The topological polar surface area (TPSA) is 90.3 Å². The van der Waals surface area contributed by atoms with Gasteiger partial charge in [-0.2, -0.15) is 5.10 Å². The fraction of sp³-hybridized carbons (Fsp3) is 0.333. The van der Waals surface area contributed by atoms with Gasteiger partial charge in [-0.3, -0.25) is 9.48 Å². The van der Waals surface area contributed by atoms with Crippen LogP contribution in [0.3, 0.4) is 0 Å². The molecular formula is C15H18BrN3O4S. The van der Waals surface area contributed by atoms with Crippen LogP contribution in [0, 0.1) is 13.8 Å². The maximum atomic E-state index is 12.5. The first-order valence-corrected chi connectivity index (χ1v) is 9.31. The second kappa shape index (κ2) is 6.94. The molecule has 0 saturated heterocycles. The van der Waals surface area contributed by atoms with Gasteiger partial charge in [0.2, 0.25) is 5.91 Å². The highest BCUT2D eigenvalue weighted by Crippen LogP contribution is 2.24. The maximum absolute atomic E-state index is 12.5. The molecule has 0 atom stereocenters. The third kappa shape index (κ3) is 3.78. The molecule has 0 aliphatic carbocycles. The first-order valence-electron chi connectivity index (χ1n) is 7.04. The molecule has 1 aromatic heterocycles. The van der Waals surface area contributed by atoms with Gasteiger partial charge < -0.3 is 4.74 Å². The Bertz CT molecular complexity index is 890. The summed E-state index contributed by atoms with van der Waals surface area (Å²) in [7, 11) is -0.847. The van der Waals surface area contributed by atoms with Crippen LogP contribution >= 0.6 is 15.9 Å². The molecule has 0 saturated carbocycles. The third-order valence-corrected chi connectivity index (χ3v) is 5.67. The summed E-state index contributed by atoms with van der Waals surface area (Å²) in [6.07, 6.45) is -0.125. The van der Waals surface area contributed by atoms with E-state index in [2.05, 4.69) is 25.8 Å². The molecule has 7 nitrogen and oxygen atoms in total. The highest BCUT2D eigenvalue weighted by molar-refractivity contribution is 9.10. The van der Waals surface area contributed by atoms with Crippen LogP contribution in [-0.4, -0.2) is 31.2 Å². The van der Waals surface area contributed by atoms with E-state index in [0.717, 1.165) is 4.47 Å². The maximum Gasteiger partial charge on any atom is 0.267 e. The number of aryl methyl sites for hydroxylation is 2. The molecule has 0 bridgehead atoms.